The van der Waals surface area contributed by atoms with E-state index in [1.54, 1.807) is 11.0 Å². The van der Waals surface area contributed by atoms with Gasteiger partial charge < -0.3 is 9.32 Å². The van der Waals surface area contributed by atoms with Crippen LogP contribution in [0.4, 0.5) is 5.69 Å². The first kappa shape index (κ1) is 13.7. The number of hydrogen-bond acceptors (Lipinski definition) is 2. The Kier molecular flexibility index (Phi) is 3.67. The van der Waals surface area contributed by atoms with Gasteiger partial charge in [0.15, 0.2) is 0 Å². The van der Waals surface area contributed by atoms with E-state index in [4.69, 9.17) is 16.0 Å². The van der Waals surface area contributed by atoms with Crippen molar-refractivity contribution in [2.75, 3.05) is 11.4 Å². The van der Waals surface area contributed by atoms with E-state index in [2.05, 4.69) is 0 Å². The predicted molar refractivity (Wildman–Crippen MR) is 85.0 cm³/mol. The van der Waals surface area contributed by atoms with Gasteiger partial charge in [-0.2, -0.15) is 0 Å². The minimum absolute atomic E-state index is 0.124. The SMILES string of the molecule is CCN(C(=O)c1ccoc1Cl)c1cccc2ccccc12. The highest BCUT2D eigenvalue weighted by molar-refractivity contribution is 6.33. The molecule has 0 radical (unpaired) electrons. The van der Waals surface area contributed by atoms with Gasteiger partial charge in [-0.05, 0) is 36.0 Å². The summed E-state index contributed by atoms with van der Waals surface area (Å²) in [5.74, 6) is -0.160. The van der Waals surface area contributed by atoms with Crippen LogP contribution in [0.3, 0.4) is 0 Å². The van der Waals surface area contributed by atoms with Crippen molar-refractivity contribution >= 4 is 34.0 Å². The minimum atomic E-state index is -0.160. The van der Waals surface area contributed by atoms with Crippen LogP contribution in [0.15, 0.2) is 59.2 Å². The molecule has 1 heterocycles. The average Bonchev–Trinajstić information content (AvgIpc) is 2.94. The maximum absolute atomic E-state index is 12.7. The van der Waals surface area contributed by atoms with Crippen molar-refractivity contribution in [3.8, 4) is 0 Å². The molecule has 1 amide bonds. The summed E-state index contributed by atoms with van der Waals surface area (Å²) >= 11 is 5.93. The van der Waals surface area contributed by atoms with E-state index in [0.717, 1.165) is 16.5 Å². The molecule has 0 aliphatic carbocycles. The van der Waals surface area contributed by atoms with Crippen molar-refractivity contribution in [3.63, 3.8) is 0 Å². The van der Waals surface area contributed by atoms with Crippen LogP contribution in [0.1, 0.15) is 17.3 Å². The third-order valence-electron chi connectivity index (χ3n) is 3.47. The molecule has 0 saturated carbocycles. The lowest BCUT2D eigenvalue weighted by atomic mass is 10.1. The highest BCUT2D eigenvalue weighted by Crippen LogP contribution is 2.29. The zero-order valence-electron chi connectivity index (χ0n) is 11.5. The van der Waals surface area contributed by atoms with Gasteiger partial charge >= 0.3 is 0 Å². The van der Waals surface area contributed by atoms with E-state index in [1.165, 1.54) is 6.26 Å². The van der Waals surface area contributed by atoms with Crippen LogP contribution < -0.4 is 4.90 Å². The average molecular weight is 300 g/mol. The lowest BCUT2D eigenvalue weighted by Crippen LogP contribution is -2.30. The summed E-state index contributed by atoms with van der Waals surface area (Å²) in [6.07, 6.45) is 1.42. The van der Waals surface area contributed by atoms with Crippen molar-refractivity contribution in [1.82, 2.24) is 0 Å². The van der Waals surface area contributed by atoms with E-state index in [0.29, 0.717) is 12.1 Å². The van der Waals surface area contributed by atoms with Crippen molar-refractivity contribution in [2.24, 2.45) is 0 Å². The molecule has 0 spiro atoms. The van der Waals surface area contributed by atoms with E-state index >= 15 is 0 Å². The number of anilines is 1. The molecule has 21 heavy (non-hydrogen) atoms. The van der Waals surface area contributed by atoms with E-state index in [9.17, 15) is 4.79 Å². The molecule has 0 unspecified atom stereocenters. The zero-order chi connectivity index (χ0) is 14.8. The highest BCUT2D eigenvalue weighted by atomic mass is 35.5. The molecule has 2 aromatic carbocycles. The molecule has 0 N–H and O–H groups in total. The second kappa shape index (κ2) is 5.62. The number of nitrogens with zero attached hydrogens (tertiary/aromatic N) is 1. The molecule has 4 heteroatoms. The van der Waals surface area contributed by atoms with Crippen LogP contribution in [0.25, 0.3) is 10.8 Å². The Morgan fingerprint density at radius 1 is 1.14 bits per heavy atom. The topological polar surface area (TPSA) is 33.5 Å². The van der Waals surface area contributed by atoms with E-state index in [-0.39, 0.29) is 11.1 Å². The minimum Gasteiger partial charge on any atom is -0.452 e. The molecule has 0 fully saturated rings. The summed E-state index contributed by atoms with van der Waals surface area (Å²) in [5, 5.41) is 2.26. The molecular formula is C17H14ClNO2. The van der Waals surface area contributed by atoms with Gasteiger partial charge in [0.05, 0.1) is 17.5 Å². The second-order valence-corrected chi connectivity index (χ2v) is 5.00. The lowest BCUT2D eigenvalue weighted by Gasteiger charge is -2.22. The molecule has 0 bridgehead atoms. The quantitative estimate of drug-likeness (QED) is 0.699. The number of fused-ring (bicyclic) bond motifs is 1. The molecule has 0 atom stereocenters. The first-order chi connectivity index (χ1) is 10.2. The maximum atomic E-state index is 12.7. The van der Waals surface area contributed by atoms with Crippen LogP contribution in [0, 0.1) is 0 Å². The molecule has 3 rings (SSSR count). The van der Waals surface area contributed by atoms with Gasteiger partial charge in [0, 0.05) is 11.9 Å². The van der Waals surface area contributed by atoms with Gasteiger partial charge in [-0.3, -0.25) is 4.79 Å². The summed E-state index contributed by atoms with van der Waals surface area (Å²) in [5.41, 5.74) is 1.25. The standard InChI is InChI=1S/C17H14ClNO2/c1-2-19(17(20)14-10-11-21-16(14)18)15-9-5-7-12-6-3-4-8-13(12)15/h3-11H,2H2,1H3. The molecule has 1 aromatic heterocycles. The van der Waals surface area contributed by atoms with Gasteiger partial charge in [-0.25, -0.2) is 0 Å². The van der Waals surface area contributed by atoms with Crippen molar-refractivity contribution in [2.45, 2.75) is 6.92 Å². The Hall–Kier alpha value is -2.26. The summed E-state index contributed by atoms with van der Waals surface area (Å²) in [6, 6.07) is 15.5. The monoisotopic (exact) mass is 299 g/mol. The van der Waals surface area contributed by atoms with Crippen molar-refractivity contribution in [1.29, 1.82) is 0 Å². The number of halogens is 1. The van der Waals surface area contributed by atoms with Crippen molar-refractivity contribution in [3.05, 3.63) is 65.6 Å². The lowest BCUT2D eigenvalue weighted by molar-refractivity contribution is 0.0988. The number of furan rings is 1. The van der Waals surface area contributed by atoms with Crippen LogP contribution in [0.2, 0.25) is 5.22 Å². The van der Waals surface area contributed by atoms with Crippen LogP contribution in [-0.4, -0.2) is 12.5 Å². The molecule has 3 aromatic rings. The smallest absolute Gasteiger partial charge is 0.263 e. The van der Waals surface area contributed by atoms with Gasteiger partial charge in [-0.1, -0.05) is 36.4 Å². The fraction of sp³-hybridized carbons (Fsp3) is 0.118. The van der Waals surface area contributed by atoms with Crippen LogP contribution in [-0.2, 0) is 0 Å². The van der Waals surface area contributed by atoms with Gasteiger partial charge in [0.1, 0.15) is 0 Å². The normalized spacial score (nSPS) is 10.8. The van der Waals surface area contributed by atoms with Crippen molar-refractivity contribution < 1.29 is 9.21 Å². The third kappa shape index (κ3) is 2.41. The summed E-state index contributed by atoms with van der Waals surface area (Å²) in [6.45, 7) is 2.49. The van der Waals surface area contributed by atoms with Crippen LogP contribution >= 0.6 is 11.6 Å². The number of carbonyl (C=O) groups is 1. The highest BCUT2D eigenvalue weighted by Gasteiger charge is 2.21. The molecule has 3 nitrogen and oxygen atoms in total. The summed E-state index contributed by atoms with van der Waals surface area (Å²) < 4.78 is 5.02. The fourth-order valence-electron chi connectivity index (χ4n) is 2.46. The molecule has 106 valence electrons. The molecule has 0 saturated heterocycles. The Bertz CT molecular complexity index is 789. The van der Waals surface area contributed by atoms with Gasteiger partial charge in [0.25, 0.3) is 5.91 Å². The van der Waals surface area contributed by atoms with Gasteiger partial charge in [0.2, 0.25) is 5.22 Å². The Labute approximate surface area is 127 Å². The zero-order valence-corrected chi connectivity index (χ0v) is 12.3. The Morgan fingerprint density at radius 3 is 2.62 bits per heavy atom. The maximum Gasteiger partial charge on any atom is 0.263 e. The van der Waals surface area contributed by atoms with E-state index in [1.807, 2.05) is 49.4 Å². The first-order valence-corrected chi connectivity index (χ1v) is 7.12. The molecule has 0 aliphatic rings. The molecule has 0 aliphatic heterocycles. The Balaban J connectivity index is 2.11. The fourth-order valence-corrected chi connectivity index (χ4v) is 2.65. The number of rotatable bonds is 3. The second-order valence-electron chi connectivity index (χ2n) is 4.66. The van der Waals surface area contributed by atoms with E-state index < -0.39 is 0 Å². The summed E-state index contributed by atoms with van der Waals surface area (Å²) in [4.78, 5) is 14.4. The third-order valence-corrected chi connectivity index (χ3v) is 3.76. The largest absolute Gasteiger partial charge is 0.452 e. The van der Waals surface area contributed by atoms with Crippen LogP contribution in [0.5, 0.6) is 0 Å². The summed E-state index contributed by atoms with van der Waals surface area (Å²) in [7, 11) is 0. The number of amides is 1. The molecular weight excluding hydrogens is 286 g/mol. The Morgan fingerprint density at radius 2 is 1.90 bits per heavy atom. The number of benzene rings is 2. The number of carbonyl (C=O) groups excluding carboxylic acids is 1. The first-order valence-electron chi connectivity index (χ1n) is 6.75. The van der Waals surface area contributed by atoms with Gasteiger partial charge in [-0.15, -0.1) is 0 Å². The number of hydrogen-bond donors (Lipinski definition) is 0. The predicted octanol–water partition coefficient (Wildman–Crippen LogP) is 4.75.